The van der Waals surface area contributed by atoms with Gasteiger partial charge in [-0.1, -0.05) is 0 Å². The largest absolute Gasteiger partial charge is 0.328 e. The number of amides is 1. The van der Waals surface area contributed by atoms with E-state index in [-0.39, 0.29) is 5.91 Å². The molecule has 2 fully saturated rings. The predicted molar refractivity (Wildman–Crippen MR) is 72.6 cm³/mol. The highest BCUT2D eigenvalue weighted by molar-refractivity contribution is 7.80. The maximum absolute atomic E-state index is 12.1. The molecule has 0 spiro atoms. The summed E-state index contributed by atoms with van der Waals surface area (Å²) in [5.41, 5.74) is 1.79. The van der Waals surface area contributed by atoms with E-state index in [0.29, 0.717) is 16.9 Å². The molecule has 3 nitrogen and oxygen atoms in total. The maximum Gasteiger partial charge on any atom is 0.276 e. The average Bonchev–Trinajstić information content (AvgIpc) is 2.97. The minimum Gasteiger partial charge on any atom is -0.328 e. The SMILES string of the molecule is Cc1ccsc1/C=C1/NC(=S)N(C2CC2)C1=O. The van der Waals surface area contributed by atoms with Crippen LogP contribution in [0.4, 0.5) is 0 Å². The van der Waals surface area contributed by atoms with Crippen LogP contribution >= 0.6 is 23.6 Å². The first-order valence-electron chi connectivity index (χ1n) is 5.57. The summed E-state index contributed by atoms with van der Waals surface area (Å²) in [7, 11) is 0. The first-order valence-corrected chi connectivity index (χ1v) is 6.86. The summed E-state index contributed by atoms with van der Waals surface area (Å²) in [6, 6.07) is 2.38. The third-order valence-corrected chi connectivity index (χ3v) is 4.26. The molecule has 1 saturated heterocycles. The molecule has 1 N–H and O–H groups in total. The van der Waals surface area contributed by atoms with Crippen molar-refractivity contribution in [1.82, 2.24) is 10.2 Å². The Hall–Kier alpha value is -1.20. The summed E-state index contributed by atoms with van der Waals surface area (Å²) in [6.07, 6.45) is 4.04. The smallest absolute Gasteiger partial charge is 0.276 e. The average molecular weight is 264 g/mol. The number of carbonyl (C=O) groups is 1. The van der Waals surface area contributed by atoms with E-state index in [4.69, 9.17) is 12.2 Å². The zero-order valence-electron chi connectivity index (χ0n) is 9.40. The van der Waals surface area contributed by atoms with E-state index < -0.39 is 0 Å². The Morgan fingerprint density at radius 2 is 2.35 bits per heavy atom. The fourth-order valence-corrected chi connectivity index (χ4v) is 3.08. The van der Waals surface area contributed by atoms with E-state index in [1.165, 1.54) is 5.56 Å². The lowest BCUT2D eigenvalue weighted by Crippen LogP contribution is -2.32. The summed E-state index contributed by atoms with van der Waals surface area (Å²) in [4.78, 5) is 15.0. The van der Waals surface area contributed by atoms with Gasteiger partial charge in [-0.2, -0.15) is 0 Å². The summed E-state index contributed by atoms with van der Waals surface area (Å²) in [5.74, 6) is 0.0188. The molecule has 1 aliphatic carbocycles. The van der Waals surface area contributed by atoms with Crippen LogP contribution in [0, 0.1) is 6.92 Å². The number of hydrogen-bond acceptors (Lipinski definition) is 3. The molecule has 1 aromatic heterocycles. The number of aryl methyl sites for hydroxylation is 1. The number of nitrogens with zero attached hydrogens (tertiary/aromatic N) is 1. The molecular formula is C12H12N2OS2. The molecule has 2 heterocycles. The number of nitrogens with one attached hydrogen (secondary N) is 1. The third kappa shape index (κ3) is 1.89. The van der Waals surface area contributed by atoms with E-state index in [9.17, 15) is 4.79 Å². The molecule has 1 amide bonds. The Morgan fingerprint density at radius 1 is 1.59 bits per heavy atom. The number of thiophene rings is 1. The lowest BCUT2D eigenvalue weighted by atomic mass is 10.2. The van der Waals surface area contributed by atoms with E-state index in [1.807, 2.05) is 24.4 Å². The van der Waals surface area contributed by atoms with Gasteiger partial charge in [0, 0.05) is 10.9 Å². The van der Waals surface area contributed by atoms with Crippen molar-refractivity contribution in [3.05, 3.63) is 27.6 Å². The molecule has 1 aliphatic heterocycles. The minimum absolute atomic E-state index is 0.0188. The predicted octanol–water partition coefficient (Wildman–Crippen LogP) is 2.28. The fourth-order valence-electron chi connectivity index (χ4n) is 1.88. The van der Waals surface area contributed by atoms with E-state index in [1.54, 1.807) is 16.2 Å². The van der Waals surface area contributed by atoms with E-state index >= 15 is 0 Å². The van der Waals surface area contributed by atoms with Gasteiger partial charge in [-0.3, -0.25) is 9.69 Å². The van der Waals surface area contributed by atoms with Crippen molar-refractivity contribution in [1.29, 1.82) is 0 Å². The van der Waals surface area contributed by atoms with Crippen molar-refractivity contribution in [3.8, 4) is 0 Å². The molecule has 1 aromatic rings. The highest BCUT2D eigenvalue weighted by Gasteiger charge is 2.41. The van der Waals surface area contributed by atoms with Gasteiger partial charge < -0.3 is 5.32 Å². The highest BCUT2D eigenvalue weighted by atomic mass is 32.1. The van der Waals surface area contributed by atoms with Gasteiger partial charge in [0.1, 0.15) is 5.70 Å². The summed E-state index contributed by atoms with van der Waals surface area (Å²) < 4.78 is 0. The van der Waals surface area contributed by atoms with Gasteiger partial charge in [-0.25, -0.2) is 0 Å². The van der Waals surface area contributed by atoms with Crippen molar-refractivity contribution in [2.24, 2.45) is 0 Å². The molecule has 0 radical (unpaired) electrons. The molecule has 88 valence electrons. The quantitative estimate of drug-likeness (QED) is 0.657. The van der Waals surface area contributed by atoms with Crippen LogP contribution in [0.5, 0.6) is 0 Å². The number of rotatable bonds is 2. The first kappa shape index (κ1) is 10.9. The molecular weight excluding hydrogens is 252 g/mol. The van der Waals surface area contributed by atoms with Crippen molar-refractivity contribution in [2.75, 3.05) is 0 Å². The second-order valence-electron chi connectivity index (χ2n) is 4.36. The molecule has 0 unspecified atom stereocenters. The van der Waals surface area contributed by atoms with Crippen molar-refractivity contribution in [3.63, 3.8) is 0 Å². The Labute approximate surface area is 109 Å². The second-order valence-corrected chi connectivity index (χ2v) is 5.70. The zero-order chi connectivity index (χ0) is 12.0. The van der Waals surface area contributed by atoms with Crippen LogP contribution in [0.2, 0.25) is 0 Å². The van der Waals surface area contributed by atoms with Crippen LogP contribution in [0.1, 0.15) is 23.3 Å². The van der Waals surface area contributed by atoms with Crippen molar-refractivity contribution in [2.45, 2.75) is 25.8 Å². The topological polar surface area (TPSA) is 32.3 Å². The second kappa shape index (κ2) is 3.92. The number of carbonyl (C=O) groups excluding carboxylic acids is 1. The van der Waals surface area contributed by atoms with Crippen LogP contribution in [0.3, 0.4) is 0 Å². The normalized spacial score (nSPS) is 22.4. The fraction of sp³-hybridized carbons (Fsp3) is 0.333. The van der Waals surface area contributed by atoms with Gasteiger partial charge in [0.15, 0.2) is 5.11 Å². The lowest BCUT2D eigenvalue weighted by molar-refractivity contribution is -0.122. The third-order valence-electron chi connectivity index (χ3n) is 3.00. The van der Waals surface area contributed by atoms with Crippen molar-refractivity contribution >= 4 is 40.7 Å². The summed E-state index contributed by atoms with van der Waals surface area (Å²) in [5, 5.41) is 5.60. The van der Waals surface area contributed by atoms with Crippen LogP contribution in [0.25, 0.3) is 6.08 Å². The van der Waals surface area contributed by atoms with Gasteiger partial charge in [0.25, 0.3) is 5.91 Å². The van der Waals surface area contributed by atoms with Gasteiger partial charge in [0.05, 0.1) is 0 Å². The van der Waals surface area contributed by atoms with Gasteiger partial charge in [0.2, 0.25) is 0 Å². The molecule has 5 heteroatoms. The molecule has 2 aliphatic rings. The molecule has 3 rings (SSSR count). The molecule has 0 bridgehead atoms. The Kier molecular flexibility index (Phi) is 2.52. The van der Waals surface area contributed by atoms with Crippen molar-refractivity contribution < 1.29 is 4.79 Å². The molecule has 0 atom stereocenters. The van der Waals surface area contributed by atoms with Gasteiger partial charge in [-0.05, 0) is 55.1 Å². The first-order chi connectivity index (χ1) is 8.16. The Balaban J connectivity index is 1.90. The van der Waals surface area contributed by atoms with Crippen LogP contribution < -0.4 is 5.32 Å². The maximum atomic E-state index is 12.1. The van der Waals surface area contributed by atoms with Gasteiger partial charge >= 0.3 is 0 Å². The summed E-state index contributed by atoms with van der Waals surface area (Å²) in [6.45, 7) is 2.04. The zero-order valence-corrected chi connectivity index (χ0v) is 11.0. The summed E-state index contributed by atoms with van der Waals surface area (Å²) >= 11 is 6.83. The van der Waals surface area contributed by atoms with Gasteiger partial charge in [-0.15, -0.1) is 11.3 Å². The Bertz CT molecular complexity index is 528. The lowest BCUT2D eigenvalue weighted by Gasteiger charge is -2.11. The van der Waals surface area contributed by atoms with Crippen LogP contribution in [-0.4, -0.2) is 22.0 Å². The molecule has 17 heavy (non-hydrogen) atoms. The molecule has 1 saturated carbocycles. The minimum atomic E-state index is 0.0188. The monoisotopic (exact) mass is 264 g/mol. The molecule has 0 aromatic carbocycles. The standard InChI is InChI=1S/C12H12N2OS2/c1-7-4-5-17-10(7)6-9-11(15)14(8-2-3-8)12(16)13-9/h4-6,8H,2-3H2,1H3,(H,13,16)/b9-6+. The van der Waals surface area contributed by atoms with E-state index in [2.05, 4.69) is 5.32 Å². The number of hydrogen-bond donors (Lipinski definition) is 1. The number of thiocarbonyl (C=S) groups is 1. The van der Waals surface area contributed by atoms with E-state index in [0.717, 1.165) is 17.7 Å². The highest BCUT2D eigenvalue weighted by Crippen LogP contribution is 2.31. The van der Waals surface area contributed by atoms with Crippen LogP contribution in [0.15, 0.2) is 17.1 Å². The Morgan fingerprint density at radius 3 is 2.94 bits per heavy atom. The van der Waals surface area contributed by atoms with Crippen LogP contribution in [-0.2, 0) is 4.79 Å².